The molecule has 96 valence electrons. The van der Waals surface area contributed by atoms with Crippen LogP contribution in [0.15, 0.2) is 12.2 Å². The third-order valence-electron chi connectivity index (χ3n) is 1.73. The molecule has 0 rings (SSSR count). The van der Waals surface area contributed by atoms with Gasteiger partial charge >= 0.3 is 0 Å². The monoisotopic (exact) mass is 260 g/mol. The second-order valence-corrected chi connectivity index (χ2v) is 15.2. The van der Waals surface area contributed by atoms with Gasteiger partial charge in [-0.3, -0.25) is 0 Å². The third-order valence-corrected chi connectivity index (χ3v) is 3.89. The highest BCUT2D eigenvalue weighted by molar-refractivity contribution is 6.70. The minimum atomic E-state index is -1.42. The summed E-state index contributed by atoms with van der Waals surface area (Å²) in [4.78, 5) is 0. The molecule has 2 atom stereocenters. The fourth-order valence-corrected chi connectivity index (χ4v) is 3.89. The van der Waals surface area contributed by atoms with Gasteiger partial charge in [0.05, 0.1) is 12.2 Å². The third kappa shape index (κ3) is 10.6. The lowest BCUT2D eigenvalue weighted by molar-refractivity contribution is 0.246. The lowest BCUT2D eigenvalue weighted by atomic mass is 10.3. The van der Waals surface area contributed by atoms with Crippen LogP contribution in [-0.2, 0) is 8.85 Å². The molecule has 0 radical (unpaired) electrons. The van der Waals surface area contributed by atoms with E-state index in [9.17, 15) is 0 Å². The van der Waals surface area contributed by atoms with E-state index >= 15 is 0 Å². The van der Waals surface area contributed by atoms with E-state index in [1.54, 1.807) is 0 Å². The maximum Gasteiger partial charge on any atom is 0.184 e. The van der Waals surface area contributed by atoms with Crippen LogP contribution in [0, 0.1) is 0 Å². The summed E-state index contributed by atoms with van der Waals surface area (Å²) in [5.74, 6) is 0. The second kappa shape index (κ2) is 6.14. The number of hydrogen-bond acceptors (Lipinski definition) is 2. The molecule has 0 heterocycles. The second-order valence-electron chi connectivity index (χ2n) is 6.26. The molecule has 0 aliphatic rings. The van der Waals surface area contributed by atoms with E-state index in [1.807, 2.05) is 0 Å². The van der Waals surface area contributed by atoms with Gasteiger partial charge in [-0.05, 0) is 53.1 Å². The molecule has 0 aromatic carbocycles. The molecule has 2 unspecified atom stereocenters. The maximum atomic E-state index is 5.93. The molecular weight excluding hydrogens is 232 g/mol. The van der Waals surface area contributed by atoms with Crippen LogP contribution in [0.3, 0.4) is 0 Å². The molecule has 16 heavy (non-hydrogen) atoms. The van der Waals surface area contributed by atoms with E-state index in [0.717, 1.165) is 0 Å². The average Bonchev–Trinajstić information content (AvgIpc) is 1.94. The van der Waals surface area contributed by atoms with Crippen molar-refractivity contribution in [2.75, 3.05) is 0 Å². The highest BCUT2D eigenvalue weighted by Gasteiger charge is 2.18. The van der Waals surface area contributed by atoms with E-state index in [1.165, 1.54) is 0 Å². The van der Waals surface area contributed by atoms with Gasteiger partial charge in [0.25, 0.3) is 0 Å². The lowest BCUT2D eigenvalue weighted by Gasteiger charge is -2.23. The van der Waals surface area contributed by atoms with Gasteiger partial charge in [0.2, 0.25) is 0 Å². The van der Waals surface area contributed by atoms with E-state index in [0.29, 0.717) is 0 Å². The van der Waals surface area contributed by atoms with Crippen molar-refractivity contribution >= 4 is 16.6 Å². The fraction of sp³-hybridized carbons (Fsp3) is 0.833. The summed E-state index contributed by atoms with van der Waals surface area (Å²) in [6.45, 7) is 17.4. The minimum Gasteiger partial charge on any atom is -0.412 e. The highest BCUT2D eigenvalue weighted by Crippen LogP contribution is 2.11. The van der Waals surface area contributed by atoms with Crippen LogP contribution in [0.25, 0.3) is 0 Å². The average molecular weight is 261 g/mol. The molecule has 0 aromatic heterocycles. The molecule has 0 spiro atoms. The predicted octanol–water partition coefficient (Wildman–Crippen LogP) is 4.02. The smallest absolute Gasteiger partial charge is 0.184 e. The molecule has 0 fully saturated rings. The topological polar surface area (TPSA) is 18.5 Å². The number of hydrogen-bond donors (Lipinski definition) is 0. The Hall–Kier alpha value is 0.0938. The Morgan fingerprint density at radius 1 is 0.688 bits per heavy atom. The van der Waals surface area contributed by atoms with Gasteiger partial charge in [0.15, 0.2) is 16.6 Å². The van der Waals surface area contributed by atoms with Crippen molar-refractivity contribution in [1.82, 2.24) is 0 Å². The first kappa shape index (κ1) is 16.1. The van der Waals surface area contributed by atoms with Crippen LogP contribution in [0.1, 0.15) is 13.8 Å². The minimum absolute atomic E-state index is 0.194. The Balaban J connectivity index is 4.08. The van der Waals surface area contributed by atoms with E-state index in [-0.39, 0.29) is 12.2 Å². The van der Waals surface area contributed by atoms with Gasteiger partial charge < -0.3 is 8.85 Å². The summed E-state index contributed by atoms with van der Waals surface area (Å²) in [6.07, 6.45) is 4.62. The van der Waals surface area contributed by atoms with Crippen LogP contribution in [-0.4, -0.2) is 28.8 Å². The standard InChI is InChI=1S/C12H28O2Si2/c1-11(13-15(3,4)5)9-10-12(2)14-16(6,7)8/h9-12H,1-8H3/b10-9+. The van der Waals surface area contributed by atoms with Gasteiger partial charge in [-0.15, -0.1) is 0 Å². The van der Waals surface area contributed by atoms with Crippen molar-refractivity contribution in [2.45, 2.75) is 65.3 Å². The summed E-state index contributed by atoms with van der Waals surface area (Å²) in [7, 11) is -2.85. The molecule has 0 saturated carbocycles. The quantitative estimate of drug-likeness (QED) is 0.530. The molecule has 0 saturated heterocycles. The fourth-order valence-electron chi connectivity index (χ4n) is 1.51. The lowest BCUT2D eigenvalue weighted by Crippen LogP contribution is -2.31. The molecule has 4 heteroatoms. The summed E-state index contributed by atoms with van der Waals surface area (Å²) in [5, 5.41) is 0. The van der Waals surface area contributed by atoms with E-state index < -0.39 is 16.6 Å². The molecule has 0 amide bonds. The summed E-state index contributed by atoms with van der Waals surface area (Å²) in [6, 6.07) is 0. The number of rotatable bonds is 6. The first-order valence-corrected chi connectivity index (χ1v) is 12.9. The zero-order valence-corrected chi connectivity index (χ0v) is 14.1. The van der Waals surface area contributed by atoms with Crippen molar-refractivity contribution in [3.8, 4) is 0 Å². The Bertz CT molecular complexity index is 202. The van der Waals surface area contributed by atoms with Crippen LogP contribution < -0.4 is 0 Å². The van der Waals surface area contributed by atoms with Crippen LogP contribution in [0.5, 0.6) is 0 Å². The highest BCUT2D eigenvalue weighted by atomic mass is 28.4. The van der Waals surface area contributed by atoms with Crippen LogP contribution in [0.2, 0.25) is 39.3 Å². The summed E-state index contributed by atoms with van der Waals surface area (Å²) < 4.78 is 11.9. The van der Waals surface area contributed by atoms with Gasteiger partial charge in [-0.25, -0.2) is 0 Å². The SMILES string of the molecule is CC(/C=C/C(C)O[Si](C)(C)C)O[Si](C)(C)C. The van der Waals surface area contributed by atoms with E-state index in [4.69, 9.17) is 8.85 Å². The first-order chi connectivity index (χ1) is 6.99. The van der Waals surface area contributed by atoms with Gasteiger partial charge in [-0.2, -0.15) is 0 Å². The Morgan fingerprint density at radius 2 is 0.938 bits per heavy atom. The first-order valence-electron chi connectivity index (χ1n) is 6.03. The van der Waals surface area contributed by atoms with Crippen LogP contribution in [0.4, 0.5) is 0 Å². The van der Waals surface area contributed by atoms with Crippen molar-refractivity contribution in [3.05, 3.63) is 12.2 Å². The zero-order valence-electron chi connectivity index (χ0n) is 12.1. The largest absolute Gasteiger partial charge is 0.412 e. The van der Waals surface area contributed by atoms with Crippen molar-refractivity contribution < 1.29 is 8.85 Å². The molecule has 0 aliphatic carbocycles. The predicted molar refractivity (Wildman–Crippen MR) is 76.9 cm³/mol. The molecule has 0 aliphatic heterocycles. The summed E-state index contributed by atoms with van der Waals surface area (Å²) in [5.41, 5.74) is 0. The van der Waals surface area contributed by atoms with Gasteiger partial charge in [0, 0.05) is 0 Å². The van der Waals surface area contributed by atoms with Crippen LogP contribution >= 0.6 is 0 Å². The van der Waals surface area contributed by atoms with E-state index in [2.05, 4.69) is 65.3 Å². The van der Waals surface area contributed by atoms with Gasteiger partial charge in [-0.1, -0.05) is 12.2 Å². The summed E-state index contributed by atoms with van der Waals surface area (Å²) >= 11 is 0. The molecule has 0 aromatic rings. The zero-order chi connectivity index (χ0) is 13.0. The molecular formula is C12H28O2Si2. The molecule has 0 N–H and O–H groups in total. The van der Waals surface area contributed by atoms with Gasteiger partial charge in [0.1, 0.15) is 0 Å². The normalized spacial score (nSPS) is 17.8. The van der Waals surface area contributed by atoms with Crippen molar-refractivity contribution in [2.24, 2.45) is 0 Å². The molecule has 2 nitrogen and oxygen atoms in total. The van der Waals surface area contributed by atoms with Crippen molar-refractivity contribution in [3.63, 3.8) is 0 Å². The Kier molecular flexibility index (Phi) is 6.18. The molecule has 0 bridgehead atoms. The Morgan fingerprint density at radius 3 is 1.12 bits per heavy atom. The van der Waals surface area contributed by atoms with Crippen molar-refractivity contribution in [1.29, 1.82) is 0 Å². The maximum absolute atomic E-state index is 5.93. The Labute approximate surface area is 103 Å².